The maximum absolute atomic E-state index is 14.6. The van der Waals surface area contributed by atoms with E-state index in [1.54, 1.807) is 12.1 Å². The summed E-state index contributed by atoms with van der Waals surface area (Å²) in [5, 5.41) is 3.34. The standard InChI is InChI=1S/C23H23FN4OS/c1-14-17(13-20(26-14)15-6-4-3-5-7-15)21(29)27-16-8-9-19(24)18(12-16)23(2)10-11-30-22(25)28-23/h3-9,12-13,26H,10-11H2,1-2H3,(H2,25,28)(H,27,29). The van der Waals surface area contributed by atoms with Gasteiger partial charge in [0.15, 0.2) is 5.17 Å². The van der Waals surface area contributed by atoms with E-state index in [1.165, 1.54) is 17.8 Å². The second-order valence-corrected chi connectivity index (χ2v) is 8.67. The molecule has 0 bridgehead atoms. The fourth-order valence-electron chi connectivity index (χ4n) is 3.66. The van der Waals surface area contributed by atoms with Crippen LogP contribution in [0.2, 0.25) is 0 Å². The maximum atomic E-state index is 14.6. The first-order valence-corrected chi connectivity index (χ1v) is 10.7. The van der Waals surface area contributed by atoms with Gasteiger partial charge in [0.1, 0.15) is 5.82 Å². The minimum Gasteiger partial charge on any atom is -0.379 e. The van der Waals surface area contributed by atoms with E-state index in [-0.39, 0.29) is 11.7 Å². The maximum Gasteiger partial charge on any atom is 0.257 e. The first-order chi connectivity index (χ1) is 14.4. The number of thioether (sulfide) groups is 1. The number of nitrogens with one attached hydrogen (secondary N) is 2. The molecule has 0 saturated carbocycles. The van der Waals surface area contributed by atoms with Crippen LogP contribution in [0.25, 0.3) is 11.3 Å². The minimum atomic E-state index is -0.745. The van der Waals surface area contributed by atoms with Gasteiger partial charge < -0.3 is 16.0 Å². The van der Waals surface area contributed by atoms with E-state index in [4.69, 9.17) is 5.73 Å². The average molecular weight is 423 g/mol. The summed E-state index contributed by atoms with van der Waals surface area (Å²) in [6.45, 7) is 3.72. The molecule has 0 radical (unpaired) electrons. The third-order valence-electron chi connectivity index (χ3n) is 5.34. The molecule has 1 atom stereocenters. The number of nitrogens with two attached hydrogens (primary N) is 1. The van der Waals surface area contributed by atoms with Crippen molar-refractivity contribution in [2.75, 3.05) is 11.1 Å². The van der Waals surface area contributed by atoms with Crippen molar-refractivity contribution in [3.8, 4) is 11.3 Å². The van der Waals surface area contributed by atoms with E-state index in [2.05, 4.69) is 15.3 Å². The van der Waals surface area contributed by atoms with Crippen molar-refractivity contribution in [3.05, 3.63) is 77.2 Å². The second kappa shape index (κ2) is 7.99. The Balaban J connectivity index is 1.60. The van der Waals surface area contributed by atoms with Gasteiger partial charge in [-0.05, 0) is 50.1 Å². The Kier molecular flexibility index (Phi) is 5.39. The predicted octanol–water partition coefficient (Wildman–Crippen LogP) is 5.05. The van der Waals surface area contributed by atoms with E-state index in [1.807, 2.05) is 50.2 Å². The number of benzene rings is 2. The molecule has 4 N–H and O–H groups in total. The Morgan fingerprint density at radius 1 is 1.23 bits per heavy atom. The number of hydrogen-bond donors (Lipinski definition) is 3. The summed E-state index contributed by atoms with van der Waals surface area (Å²) < 4.78 is 14.6. The summed E-state index contributed by atoms with van der Waals surface area (Å²) in [6.07, 6.45) is 0.671. The quantitative estimate of drug-likeness (QED) is 0.550. The molecule has 1 amide bonds. The van der Waals surface area contributed by atoms with Crippen LogP contribution in [0.4, 0.5) is 10.1 Å². The van der Waals surface area contributed by atoms with Crippen molar-refractivity contribution >= 4 is 28.5 Å². The molecule has 0 saturated heterocycles. The van der Waals surface area contributed by atoms with Gasteiger partial charge in [-0.3, -0.25) is 9.79 Å². The molecule has 7 heteroatoms. The molecule has 1 aromatic heterocycles. The molecule has 0 aliphatic carbocycles. The lowest BCUT2D eigenvalue weighted by atomic mass is 9.89. The van der Waals surface area contributed by atoms with Gasteiger partial charge in [0, 0.05) is 28.4 Å². The Morgan fingerprint density at radius 2 is 2.00 bits per heavy atom. The van der Waals surface area contributed by atoms with Gasteiger partial charge in [-0.2, -0.15) is 0 Å². The van der Waals surface area contributed by atoms with Gasteiger partial charge in [0.05, 0.1) is 11.1 Å². The molecular weight excluding hydrogens is 399 g/mol. The molecule has 1 aliphatic rings. The number of H-pyrrole nitrogens is 1. The number of anilines is 1. The molecule has 4 rings (SSSR count). The summed E-state index contributed by atoms with van der Waals surface area (Å²) in [6, 6.07) is 16.2. The van der Waals surface area contributed by atoms with Crippen LogP contribution < -0.4 is 11.1 Å². The smallest absolute Gasteiger partial charge is 0.257 e. The van der Waals surface area contributed by atoms with Crippen molar-refractivity contribution in [1.29, 1.82) is 0 Å². The molecule has 30 heavy (non-hydrogen) atoms. The first kappa shape index (κ1) is 20.2. The van der Waals surface area contributed by atoms with E-state index in [0.29, 0.717) is 28.4 Å². The fraction of sp³-hybridized carbons (Fsp3) is 0.217. The third-order valence-corrected chi connectivity index (χ3v) is 6.14. The molecular formula is C23H23FN4OS. The van der Waals surface area contributed by atoms with Crippen LogP contribution in [0.5, 0.6) is 0 Å². The number of carbonyl (C=O) groups excluding carboxylic acids is 1. The Morgan fingerprint density at radius 3 is 2.73 bits per heavy atom. The summed E-state index contributed by atoms with van der Waals surface area (Å²) in [5.41, 5.74) is 9.26. The van der Waals surface area contributed by atoms with Crippen molar-refractivity contribution in [2.45, 2.75) is 25.8 Å². The van der Waals surface area contributed by atoms with Crippen LogP contribution in [0.3, 0.4) is 0 Å². The fourth-order valence-corrected chi connectivity index (χ4v) is 4.64. The van der Waals surface area contributed by atoms with E-state index in [0.717, 1.165) is 22.7 Å². The normalized spacial score (nSPS) is 18.7. The van der Waals surface area contributed by atoms with Crippen LogP contribution >= 0.6 is 11.8 Å². The van der Waals surface area contributed by atoms with Gasteiger partial charge in [0.25, 0.3) is 5.91 Å². The summed E-state index contributed by atoms with van der Waals surface area (Å²) in [7, 11) is 0. The van der Waals surface area contributed by atoms with E-state index < -0.39 is 5.54 Å². The molecule has 0 spiro atoms. The van der Waals surface area contributed by atoms with Crippen molar-refractivity contribution in [3.63, 3.8) is 0 Å². The van der Waals surface area contributed by atoms with Crippen molar-refractivity contribution < 1.29 is 9.18 Å². The van der Waals surface area contributed by atoms with Crippen LogP contribution in [0.1, 0.15) is 35.0 Å². The zero-order valence-corrected chi connectivity index (χ0v) is 17.6. The second-order valence-electron chi connectivity index (χ2n) is 7.56. The molecule has 1 unspecified atom stereocenters. The number of carbonyl (C=O) groups is 1. The van der Waals surface area contributed by atoms with Crippen molar-refractivity contribution in [2.24, 2.45) is 10.7 Å². The number of amidine groups is 1. The summed E-state index contributed by atoms with van der Waals surface area (Å²) in [4.78, 5) is 20.6. The molecule has 154 valence electrons. The number of halogens is 1. The lowest BCUT2D eigenvalue weighted by molar-refractivity contribution is 0.102. The zero-order valence-electron chi connectivity index (χ0n) is 16.8. The van der Waals surface area contributed by atoms with Crippen LogP contribution in [0, 0.1) is 12.7 Å². The lowest BCUT2D eigenvalue weighted by Crippen LogP contribution is -2.29. The Hall–Kier alpha value is -3.06. The molecule has 1 aliphatic heterocycles. The summed E-state index contributed by atoms with van der Waals surface area (Å²) in [5.74, 6) is 0.158. The van der Waals surface area contributed by atoms with Crippen molar-refractivity contribution in [1.82, 2.24) is 4.98 Å². The Bertz CT molecular complexity index is 1130. The van der Waals surface area contributed by atoms with Gasteiger partial charge >= 0.3 is 0 Å². The zero-order chi connectivity index (χ0) is 21.3. The summed E-state index contributed by atoms with van der Waals surface area (Å²) >= 11 is 1.47. The highest BCUT2D eigenvalue weighted by molar-refractivity contribution is 8.13. The highest BCUT2D eigenvalue weighted by Crippen LogP contribution is 2.37. The number of aryl methyl sites for hydroxylation is 1. The van der Waals surface area contributed by atoms with Crippen LogP contribution in [-0.4, -0.2) is 21.8 Å². The van der Waals surface area contributed by atoms with Crippen LogP contribution in [-0.2, 0) is 5.54 Å². The van der Waals surface area contributed by atoms with E-state index in [9.17, 15) is 9.18 Å². The van der Waals surface area contributed by atoms with Gasteiger partial charge in [0.2, 0.25) is 0 Å². The predicted molar refractivity (Wildman–Crippen MR) is 121 cm³/mol. The molecule has 3 aromatic rings. The first-order valence-electron chi connectivity index (χ1n) is 9.70. The Labute approximate surface area is 179 Å². The van der Waals surface area contributed by atoms with Gasteiger partial charge in [-0.15, -0.1) is 0 Å². The van der Waals surface area contributed by atoms with Gasteiger partial charge in [-0.1, -0.05) is 42.1 Å². The largest absolute Gasteiger partial charge is 0.379 e. The monoisotopic (exact) mass is 422 g/mol. The number of aliphatic imine (C=N–C) groups is 1. The highest BCUT2D eigenvalue weighted by Gasteiger charge is 2.32. The van der Waals surface area contributed by atoms with E-state index >= 15 is 0 Å². The number of nitrogens with zero attached hydrogens (tertiary/aromatic N) is 1. The number of amides is 1. The number of aromatic amines is 1. The van der Waals surface area contributed by atoms with Crippen LogP contribution in [0.15, 0.2) is 59.6 Å². The average Bonchev–Trinajstić information content (AvgIpc) is 3.12. The highest BCUT2D eigenvalue weighted by atomic mass is 32.2. The lowest BCUT2D eigenvalue weighted by Gasteiger charge is -2.30. The molecule has 5 nitrogen and oxygen atoms in total. The number of rotatable bonds is 4. The number of aromatic nitrogens is 1. The number of hydrogen-bond acceptors (Lipinski definition) is 4. The third kappa shape index (κ3) is 3.98. The van der Waals surface area contributed by atoms with Gasteiger partial charge in [-0.25, -0.2) is 4.39 Å². The SMILES string of the molecule is Cc1[nH]c(-c2ccccc2)cc1C(=O)Nc1ccc(F)c(C2(C)CCSC(N)=N2)c1. The molecule has 2 heterocycles. The molecule has 0 fully saturated rings. The molecule has 2 aromatic carbocycles. The topological polar surface area (TPSA) is 83.3 Å². The minimum absolute atomic E-state index is 0.254.